The van der Waals surface area contributed by atoms with E-state index >= 15 is 0 Å². The molecule has 10 heteroatoms. The summed E-state index contributed by atoms with van der Waals surface area (Å²) < 4.78 is 12.5. The summed E-state index contributed by atoms with van der Waals surface area (Å²) in [6.07, 6.45) is 0. The normalized spacial score (nSPS) is 10.6. The number of aryl methyl sites for hydroxylation is 1. The lowest BCUT2D eigenvalue weighted by molar-refractivity contribution is -0.116. The number of ether oxygens (including phenoxy) is 2. The van der Waals surface area contributed by atoms with Gasteiger partial charge in [-0.05, 0) is 56.1 Å². The molecule has 0 saturated heterocycles. The van der Waals surface area contributed by atoms with Crippen LogP contribution in [0.5, 0.6) is 0 Å². The fourth-order valence-corrected chi connectivity index (χ4v) is 3.96. The van der Waals surface area contributed by atoms with Crippen molar-refractivity contribution in [2.45, 2.75) is 41.2 Å². The summed E-state index contributed by atoms with van der Waals surface area (Å²) in [5, 5.41) is 7.26. The Hall–Kier alpha value is -2.20. The van der Waals surface area contributed by atoms with Gasteiger partial charge in [-0.25, -0.2) is 9.59 Å². The number of nitrogens with zero attached hydrogens (tertiary/aromatic N) is 2. The largest absolute Gasteiger partial charge is 0.462 e. The van der Waals surface area contributed by atoms with E-state index in [1.54, 1.807) is 25.5 Å². The van der Waals surface area contributed by atoms with Gasteiger partial charge in [-0.3, -0.25) is 9.48 Å². The Balaban J connectivity index is 2.33. The van der Waals surface area contributed by atoms with E-state index in [1.165, 1.54) is 0 Å². The number of aromatic nitrogens is 2. The minimum Gasteiger partial charge on any atom is -0.462 e. The molecule has 0 fully saturated rings. The fourth-order valence-electron chi connectivity index (χ4n) is 2.57. The first kappa shape index (κ1) is 22.1. The second kappa shape index (κ2) is 9.33. The van der Waals surface area contributed by atoms with Crippen LogP contribution in [0.15, 0.2) is 4.47 Å². The van der Waals surface area contributed by atoms with Gasteiger partial charge in [0.2, 0.25) is 5.91 Å². The van der Waals surface area contributed by atoms with Crippen molar-refractivity contribution in [1.29, 1.82) is 0 Å². The Bertz CT molecular complexity index is 919. The summed E-state index contributed by atoms with van der Waals surface area (Å²) in [4.78, 5) is 37.4. The fraction of sp³-hybridized carbons (Fsp3) is 0.444. The molecule has 0 bridgehead atoms. The molecule has 0 aliphatic rings. The molecule has 0 saturated carbocycles. The van der Waals surface area contributed by atoms with Crippen LogP contribution in [0.3, 0.4) is 0 Å². The van der Waals surface area contributed by atoms with Crippen LogP contribution in [0.4, 0.5) is 5.00 Å². The van der Waals surface area contributed by atoms with E-state index in [0.29, 0.717) is 5.56 Å². The van der Waals surface area contributed by atoms with Crippen LogP contribution in [0, 0.1) is 20.8 Å². The lowest BCUT2D eigenvalue weighted by atomic mass is 10.1. The predicted octanol–water partition coefficient (Wildman–Crippen LogP) is 3.62. The number of esters is 2. The maximum Gasteiger partial charge on any atom is 0.348 e. The molecule has 2 rings (SSSR count). The van der Waals surface area contributed by atoms with E-state index in [2.05, 4.69) is 26.3 Å². The van der Waals surface area contributed by atoms with Gasteiger partial charge in [0.25, 0.3) is 0 Å². The van der Waals surface area contributed by atoms with Crippen LogP contribution in [0.1, 0.15) is 50.8 Å². The molecule has 0 aromatic carbocycles. The second-order valence-electron chi connectivity index (χ2n) is 5.89. The molecule has 1 amide bonds. The van der Waals surface area contributed by atoms with E-state index in [1.807, 2.05) is 13.8 Å². The smallest absolute Gasteiger partial charge is 0.348 e. The van der Waals surface area contributed by atoms with E-state index in [4.69, 9.17) is 9.47 Å². The van der Waals surface area contributed by atoms with E-state index in [-0.39, 0.29) is 41.1 Å². The highest BCUT2D eigenvalue weighted by atomic mass is 79.9. The summed E-state index contributed by atoms with van der Waals surface area (Å²) >= 11 is 4.42. The van der Waals surface area contributed by atoms with Gasteiger partial charge in [-0.1, -0.05) is 0 Å². The number of nitrogens with one attached hydrogen (secondary N) is 1. The van der Waals surface area contributed by atoms with Crippen molar-refractivity contribution in [3.8, 4) is 0 Å². The molecule has 1 N–H and O–H groups in total. The first-order valence-electron chi connectivity index (χ1n) is 8.68. The minimum absolute atomic E-state index is 0.0355. The molecule has 2 heterocycles. The standard InChI is InChI=1S/C18H22BrN3O5S/c1-6-26-17(24)13-9(3)15(18(25)27-7-2)28-16(13)20-12(23)8-22-11(5)14(19)10(4)21-22/h6-8H2,1-5H3,(H,20,23). The van der Waals surface area contributed by atoms with Crippen LogP contribution in [0.2, 0.25) is 0 Å². The Morgan fingerprint density at radius 3 is 2.25 bits per heavy atom. The molecule has 152 valence electrons. The molecule has 0 atom stereocenters. The number of thiophene rings is 1. The van der Waals surface area contributed by atoms with Crippen LogP contribution >= 0.6 is 27.3 Å². The third-order valence-corrected chi connectivity index (χ3v) is 6.26. The number of carbonyl (C=O) groups is 3. The number of rotatable bonds is 7. The SMILES string of the molecule is CCOC(=O)c1sc(NC(=O)Cn2nc(C)c(Br)c2C)c(C(=O)OCC)c1C. The summed E-state index contributed by atoms with van der Waals surface area (Å²) in [5.74, 6) is -1.52. The van der Waals surface area contributed by atoms with Gasteiger partial charge >= 0.3 is 11.9 Å². The lowest BCUT2D eigenvalue weighted by Gasteiger charge is -2.08. The number of anilines is 1. The van der Waals surface area contributed by atoms with E-state index < -0.39 is 11.9 Å². The van der Waals surface area contributed by atoms with Gasteiger partial charge < -0.3 is 14.8 Å². The zero-order valence-electron chi connectivity index (χ0n) is 16.3. The third kappa shape index (κ3) is 4.61. The van der Waals surface area contributed by atoms with Gasteiger partial charge in [0.05, 0.1) is 34.6 Å². The Labute approximate surface area is 175 Å². The number of hydrogen-bond acceptors (Lipinski definition) is 7. The predicted molar refractivity (Wildman–Crippen MR) is 109 cm³/mol. The lowest BCUT2D eigenvalue weighted by Crippen LogP contribution is -2.21. The van der Waals surface area contributed by atoms with Crippen molar-refractivity contribution in [1.82, 2.24) is 9.78 Å². The summed E-state index contributed by atoms with van der Waals surface area (Å²) in [6.45, 7) is 9.03. The molecule has 0 aliphatic carbocycles. The molecular weight excluding hydrogens is 450 g/mol. The molecule has 0 aliphatic heterocycles. The van der Waals surface area contributed by atoms with Gasteiger partial charge in [-0.15, -0.1) is 11.3 Å². The van der Waals surface area contributed by atoms with Crippen LogP contribution < -0.4 is 5.32 Å². The van der Waals surface area contributed by atoms with Crippen molar-refractivity contribution in [2.24, 2.45) is 0 Å². The number of amides is 1. The Morgan fingerprint density at radius 2 is 1.71 bits per heavy atom. The topological polar surface area (TPSA) is 99.5 Å². The Morgan fingerprint density at radius 1 is 1.11 bits per heavy atom. The molecule has 8 nitrogen and oxygen atoms in total. The van der Waals surface area contributed by atoms with Crippen LogP contribution in [0.25, 0.3) is 0 Å². The Kier molecular flexibility index (Phi) is 7.36. The van der Waals surface area contributed by atoms with Crippen LogP contribution in [-0.2, 0) is 20.8 Å². The molecule has 0 spiro atoms. The van der Waals surface area contributed by atoms with Gasteiger partial charge in [0.15, 0.2) is 0 Å². The average molecular weight is 472 g/mol. The van der Waals surface area contributed by atoms with Crippen molar-refractivity contribution in [3.63, 3.8) is 0 Å². The molecule has 0 unspecified atom stereocenters. The van der Waals surface area contributed by atoms with Crippen molar-refractivity contribution in [3.05, 3.63) is 31.9 Å². The van der Waals surface area contributed by atoms with Crippen molar-refractivity contribution < 1.29 is 23.9 Å². The summed E-state index contributed by atoms with van der Waals surface area (Å²) in [5.41, 5.74) is 2.17. The highest BCUT2D eigenvalue weighted by Gasteiger charge is 2.27. The highest BCUT2D eigenvalue weighted by molar-refractivity contribution is 9.10. The van der Waals surface area contributed by atoms with E-state index in [0.717, 1.165) is 27.2 Å². The number of hydrogen-bond donors (Lipinski definition) is 1. The maximum atomic E-state index is 12.6. The molecular formula is C18H22BrN3O5S. The zero-order chi connectivity index (χ0) is 21.0. The molecule has 0 radical (unpaired) electrons. The monoisotopic (exact) mass is 471 g/mol. The quantitative estimate of drug-likeness (QED) is 0.618. The van der Waals surface area contributed by atoms with E-state index in [9.17, 15) is 14.4 Å². The second-order valence-corrected chi connectivity index (χ2v) is 7.71. The molecule has 2 aromatic heterocycles. The summed E-state index contributed by atoms with van der Waals surface area (Å²) in [6, 6.07) is 0. The van der Waals surface area contributed by atoms with Crippen molar-refractivity contribution in [2.75, 3.05) is 18.5 Å². The van der Waals surface area contributed by atoms with Gasteiger partial charge in [-0.2, -0.15) is 5.10 Å². The average Bonchev–Trinajstić information content (AvgIpc) is 3.07. The first-order valence-corrected chi connectivity index (χ1v) is 10.3. The minimum atomic E-state index is -0.601. The summed E-state index contributed by atoms with van der Waals surface area (Å²) in [7, 11) is 0. The molecule has 28 heavy (non-hydrogen) atoms. The highest BCUT2D eigenvalue weighted by Crippen LogP contribution is 2.34. The van der Waals surface area contributed by atoms with Crippen LogP contribution in [-0.4, -0.2) is 40.8 Å². The first-order chi connectivity index (χ1) is 13.2. The zero-order valence-corrected chi connectivity index (χ0v) is 18.7. The number of carbonyl (C=O) groups excluding carboxylic acids is 3. The van der Waals surface area contributed by atoms with Gasteiger partial charge in [0, 0.05) is 0 Å². The third-order valence-electron chi connectivity index (χ3n) is 3.93. The number of halogens is 1. The molecule has 2 aromatic rings. The maximum absolute atomic E-state index is 12.6. The van der Waals surface area contributed by atoms with Gasteiger partial charge in [0.1, 0.15) is 16.4 Å². The van der Waals surface area contributed by atoms with Crippen molar-refractivity contribution >= 4 is 50.1 Å².